The Labute approximate surface area is 134 Å². The van der Waals surface area contributed by atoms with E-state index in [1.807, 2.05) is 0 Å². The molecule has 0 saturated carbocycles. The van der Waals surface area contributed by atoms with Crippen molar-refractivity contribution in [3.63, 3.8) is 0 Å². The molecule has 23 heavy (non-hydrogen) atoms. The van der Waals surface area contributed by atoms with Crippen molar-refractivity contribution in [3.8, 4) is 0 Å². The van der Waals surface area contributed by atoms with Crippen LogP contribution >= 0.6 is 0 Å². The smallest absolute Gasteiger partial charge is 0.344 e. The van der Waals surface area contributed by atoms with Crippen molar-refractivity contribution in [2.75, 3.05) is 26.2 Å². The number of carbonyl (C=O) groups is 2. The summed E-state index contributed by atoms with van der Waals surface area (Å²) in [6.45, 7) is 3.18. The summed E-state index contributed by atoms with van der Waals surface area (Å²) in [5.74, 6) is -0.314. The molecule has 132 valence electrons. The highest BCUT2D eigenvalue weighted by Gasteiger charge is 2.42. The number of hydrogen-bond donors (Lipinski definition) is 1. The van der Waals surface area contributed by atoms with Crippen molar-refractivity contribution in [2.24, 2.45) is 0 Å². The number of carbonyl (C=O) groups excluding carboxylic acids is 2. The predicted molar refractivity (Wildman–Crippen MR) is 78.7 cm³/mol. The number of hydrogen-bond acceptors (Lipinski definition) is 3. The van der Waals surface area contributed by atoms with Crippen LogP contribution in [0.1, 0.15) is 39.5 Å². The molecule has 0 aromatic carbocycles. The molecule has 1 atom stereocenters. The minimum atomic E-state index is -4.24. The Morgan fingerprint density at radius 1 is 1.30 bits per heavy atom. The van der Waals surface area contributed by atoms with Crippen molar-refractivity contribution < 1.29 is 22.8 Å². The van der Waals surface area contributed by atoms with Crippen LogP contribution in [0.2, 0.25) is 0 Å². The van der Waals surface area contributed by atoms with Gasteiger partial charge in [0.05, 0.1) is 12.1 Å². The van der Waals surface area contributed by atoms with Gasteiger partial charge in [-0.2, -0.15) is 13.2 Å². The van der Waals surface area contributed by atoms with Crippen LogP contribution in [-0.2, 0) is 9.59 Å². The molecule has 2 aliphatic rings. The predicted octanol–water partition coefficient (Wildman–Crippen LogP) is 1.53. The Bertz CT molecular complexity index is 465. The maximum atomic E-state index is 12.7. The normalized spacial score (nSPS) is 26.6. The lowest BCUT2D eigenvalue weighted by atomic mass is 9.96. The molecular formula is C15H24F3N3O2. The molecule has 2 aliphatic heterocycles. The summed E-state index contributed by atoms with van der Waals surface area (Å²) >= 11 is 0. The summed E-state index contributed by atoms with van der Waals surface area (Å²) in [6, 6.07) is -0.557. The fourth-order valence-electron chi connectivity index (χ4n) is 3.40. The molecule has 2 saturated heterocycles. The molecule has 0 aliphatic carbocycles. The summed E-state index contributed by atoms with van der Waals surface area (Å²) in [7, 11) is 0. The fourth-order valence-corrected chi connectivity index (χ4v) is 3.40. The topological polar surface area (TPSA) is 52.7 Å². The van der Waals surface area contributed by atoms with Crippen molar-refractivity contribution in [2.45, 2.75) is 57.3 Å². The molecule has 2 heterocycles. The molecule has 1 unspecified atom stereocenters. The molecule has 2 fully saturated rings. The van der Waals surface area contributed by atoms with Gasteiger partial charge < -0.3 is 10.2 Å². The molecule has 0 radical (unpaired) electrons. The van der Waals surface area contributed by atoms with Gasteiger partial charge in [0.1, 0.15) is 6.04 Å². The van der Waals surface area contributed by atoms with E-state index in [0.29, 0.717) is 12.8 Å². The van der Waals surface area contributed by atoms with Gasteiger partial charge in [-0.3, -0.25) is 14.5 Å². The third kappa shape index (κ3) is 4.83. The lowest BCUT2D eigenvalue weighted by Crippen LogP contribution is -2.64. The maximum absolute atomic E-state index is 12.7. The number of nitrogens with one attached hydrogen (secondary N) is 1. The van der Waals surface area contributed by atoms with E-state index in [2.05, 4.69) is 5.32 Å². The van der Waals surface area contributed by atoms with Gasteiger partial charge in [-0.25, -0.2) is 0 Å². The number of alkyl halides is 3. The van der Waals surface area contributed by atoms with E-state index in [0.717, 1.165) is 12.8 Å². The lowest BCUT2D eigenvalue weighted by molar-refractivity contribution is -0.161. The zero-order valence-electron chi connectivity index (χ0n) is 13.6. The van der Waals surface area contributed by atoms with Gasteiger partial charge in [0.25, 0.3) is 0 Å². The van der Waals surface area contributed by atoms with Crippen LogP contribution in [0.3, 0.4) is 0 Å². The lowest BCUT2D eigenvalue weighted by Gasteiger charge is -2.48. The van der Waals surface area contributed by atoms with Gasteiger partial charge in [0.15, 0.2) is 0 Å². The van der Waals surface area contributed by atoms with Gasteiger partial charge >= 0.3 is 6.18 Å². The first kappa shape index (κ1) is 18.0. The quantitative estimate of drug-likeness (QED) is 0.833. The van der Waals surface area contributed by atoms with E-state index in [1.54, 1.807) is 18.7 Å². The SMILES string of the molecule is CC1(C)CN(CC(F)(F)F)CCN1C(=O)C1CCCCC(=O)N1. The van der Waals surface area contributed by atoms with Crippen LogP contribution in [0, 0.1) is 0 Å². The Balaban J connectivity index is 2.02. The summed E-state index contributed by atoms with van der Waals surface area (Å²) in [6.07, 6.45) is -1.67. The summed E-state index contributed by atoms with van der Waals surface area (Å²) in [5.41, 5.74) is -0.697. The third-order valence-electron chi connectivity index (χ3n) is 4.43. The van der Waals surface area contributed by atoms with E-state index in [9.17, 15) is 22.8 Å². The van der Waals surface area contributed by atoms with Crippen LogP contribution in [0.5, 0.6) is 0 Å². The molecule has 2 amide bonds. The molecule has 0 aromatic heterocycles. The maximum Gasteiger partial charge on any atom is 0.401 e. The van der Waals surface area contributed by atoms with E-state index < -0.39 is 24.3 Å². The van der Waals surface area contributed by atoms with Gasteiger partial charge in [0, 0.05) is 26.1 Å². The molecule has 5 nitrogen and oxygen atoms in total. The van der Waals surface area contributed by atoms with Crippen LogP contribution < -0.4 is 5.32 Å². The van der Waals surface area contributed by atoms with Gasteiger partial charge in [-0.1, -0.05) is 6.42 Å². The van der Waals surface area contributed by atoms with E-state index in [-0.39, 0.29) is 31.4 Å². The fraction of sp³-hybridized carbons (Fsp3) is 0.867. The number of halogens is 3. The second kappa shape index (κ2) is 6.67. The molecular weight excluding hydrogens is 311 g/mol. The first-order valence-corrected chi connectivity index (χ1v) is 7.98. The summed E-state index contributed by atoms with van der Waals surface area (Å²) in [5, 5.41) is 2.74. The molecule has 8 heteroatoms. The number of nitrogens with zero attached hydrogens (tertiary/aromatic N) is 2. The Kier molecular flexibility index (Phi) is 5.23. The van der Waals surface area contributed by atoms with E-state index in [1.165, 1.54) is 4.90 Å². The zero-order valence-corrected chi connectivity index (χ0v) is 13.6. The average molecular weight is 335 g/mol. The highest BCUT2D eigenvalue weighted by molar-refractivity contribution is 5.88. The Hall–Kier alpha value is -1.31. The Morgan fingerprint density at radius 3 is 2.61 bits per heavy atom. The number of piperazine rings is 1. The third-order valence-corrected chi connectivity index (χ3v) is 4.43. The van der Waals surface area contributed by atoms with Crippen LogP contribution in [-0.4, -0.2) is 65.6 Å². The van der Waals surface area contributed by atoms with Crippen molar-refractivity contribution >= 4 is 11.8 Å². The van der Waals surface area contributed by atoms with E-state index in [4.69, 9.17) is 0 Å². The van der Waals surface area contributed by atoms with Crippen molar-refractivity contribution in [3.05, 3.63) is 0 Å². The zero-order chi connectivity index (χ0) is 17.3. The van der Waals surface area contributed by atoms with Crippen molar-refractivity contribution in [1.82, 2.24) is 15.1 Å². The van der Waals surface area contributed by atoms with Gasteiger partial charge in [-0.05, 0) is 26.7 Å². The molecule has 2 rings (SSSR count). The van der Waals surface area contributed by atoms with Crippen LogP contribution in [0.15, 0.2) is 0 Å². The molecule has 0 spiro atoms. The van der Waals surface area contributed by atoms with Gasteiger partial charge in [-0.15, -0.1) is 0 Å². The van der Waals surface area contributed by atoms with Crippen molar-refractivity contribution in [1.29, 1.82) is 0 Å². The van der Waals surface area contributed by atoms with Crippen LogP contribution in [0.4, 0.5) is 13.2 Å². The minimum absolute atomic E-state index is 0.130. The second-order valence-electron chi connectivity index (χ2n) is 6.99. The molecule has 0 aromatic rings. The second-order valence-corrected chi connectivity index (χ2v) is 6.99. The standard InChI is InChI=1S/C15H24F3N3O2/c1-14(2)9-20(10-15(16,17)18)7-8-21(14)13(23)11-5-3-4-6-12(22)19-11/h11H,3-10H2,1-2H3,(H,19,22). The molecule has 0 bridgehead atoms. The Morgan fingerprint density at radius 2 is 2.00 bits per heavy atom. The van der Waals surface area contributed by atoms with Gasteiger partial charge in [0.2, 0.25) is 11.8 Å². The first-order chi connectivity index (χ1) is 10.6. The summed E-state index contributed by atoms with van der Waals surface area (Å²) in [4.78, 5) is 27.3. The highest BCUT2D eigenvalue weighted by Crippen LogP contribution is 2.26. The van der Waals surface area contributed by atoms with E-state index >= 15 is 0 Å². The molecule has 1 N–H and O–H groups in total. The van der Waals surface area contributed by atoms with Crippen LogP contribution in [0.25, 0.3) is 0 Å². The number of rotatable bonds is 2. The highest BCUT2D eigenvalue weighted by atomic mass is 19.4. The first-order valence-electron chi connectivity index (χ1n) is 7.98. The minimum Gasteiger partial charge on any atom is -0.344 e. The average Bonchev–Trinajstić information content (AvgIpc) is 2.60. The number of amides is 2. The monoisotopic (exact) mass is 335 g/mol. The largest absolute Gasteiger partial charge is 0.401 e. The summed E-state index contributed by atoms with van der Waals surface area (Å²) < 4.78 is 37.7.